The van der Waals surface area contributed by atoms with E-state index in [1.165, 1.54) is 16.7 Å². The van der Waals surface area contributed by atoms with Crippen LogP contribution >= 0.6 is 11.3 Å². The lowest BCUT2D eigenvalue weighted by Crippen LogP contribution is -2.39. The molecule has 1 fully saturated rings. The van der Waals surface area contributed by atoms with Crippen LogP contribution in [0.15, 0.2) is 71.4 Å². The quantitative estimate of drug-likeness (QED) is 0.670. The molecule has 2 aromatic carbocycles. The van der Waals surface area contributed by atoms with Crippen molar-refractivity contribution in [3.63, 3.8) is 0 Å². The van der Waals surface area contributed by atoms with Gasteiger partial charge in [-0.25, -0.2) is 4.79 Å². The van der Waals surface area contributed by atoms with Crippen LogP contribution in [0, 0.1) is 0 Å². The number of hydrogen-bond donors (Lipinski definition) is 2. The molecular formula is C22H23N3OS. The fraction of sp³-hybridized carbons (Fsp3) is 0.227. The summed E-state index contributed by atoms with van der Waals surface area (Å²) in [6.07, 6.45) is 0.981. The van der Waals surface area contributed by atoms with E-state index in [0.717, 1.165) is 31.7 Å². The van der Waals surface area contributed by atoms with Crippen LogP contribution in [-0.2, 0) is 6.54 Å². The molecule has 3 aromatic rings. The van der Waals surface area contributed by atoms with E-state index in [2.05, 4.69) is 56.6 Å². The number of benzene rings is 2. The minimum Gasteiger partial charge on any atom is -0.334 e. The first-order valence-corrected chi connectivity index (χ1v) is 10.2. The Balaban J connectivity index is 1.26. The number of amides is 2. The van der Waals surface area contributed by atoms with Crippen LogP contribution in [0.2, 0.25) is 0 Å². The van der Waals surface area contributed by atoms with Crippen LogP contribution in [0.3, 0.4) is 0 Å². The van der Waals surface area contributed by atoms with Crippen molar-refractivity contribution in [3.8, 4) is 11.1 Å². The Labute approximate surface area is 163 Å². The number of anilines is 1. The summed E-state index contributed by atoms with van der Waals surface area (Å²) in [6, 6.07) is 20.5. The maximum absolute atomic E-state index is 12.1. The normalized spacial score (nSPS) is 17.0. The van der Waals surface area contributed by atoms with Gasteiger partial charge in [-0.3, -0.25) is 4.90 Å². The van der Waals surface area contributed by atoms with Crippen molar-refractivity contribution in [2.75, 3.05) is 18.4 Å². The molecule has 1 aliphatic heterocycles. The fourth-order valence-corrected chi connectivity index (χ4v) is 4.12. The van der Waals surface area contributed by atoms with Gasteiger partial charge in [0.1, 0.15) is 0 Å². The van der Waals surface area contributed by atoms with Crippen LogP contribution in [0.25, 0.3) is 11.1 Å². The van der Waals surface area contributed by atoms with Gasteiger partial charge in [-0.1, -0.05) is 42.5 Å². The number of nitrogens with zero attached hydrogens (tertiary/aromatic N) is 1. The third-order valence-corrected chi connectivity index (χ3v) is 5.54. The van der Waals surface area contributed by atoms with E-state index in [1.54, 1.807) is 11.3 Å². The van der Waals surface area contributed by atoms with Gasteiger partial charge >= 0.3 is 6.03 Å². The first-order chi connectivity index (χ1) is 13.3. The number of thiophene rings is 1. The third kappa shape index (κ3) is 4.76. The van der Waals surface area contributed by atoms with Gasteiger partial charge in [-0.2, -0.15) is 11.3 Å². The van der Waals surface area contributed by atoms with Crippen molar-refractivity contribution in [1.29, 1.82) is 0 Å². The zero-order valence-electron chi connectivity index (χ0n) is 15.1. The lowest BCUT2D eigenvalue weighted by Gasteiger charge is -2.17. The molecule has 0 saturated carbocycles. The number of hydrogen-bond acceptors (Lipinski definition) is 3. The Hall–Kier alpha value is -2.63. The first-order valence-electron chi connectivity index (χ1n) is 9.23. The van der Waals surface area contributed by atoms with E-state index in [-0.39, 0.29) is 12.1 Å². The highest BCUT2D eigenvalue weighted by molar-refractivity contribution is 7.08. The number of para-hydroxylation sites is 1. The van der Waals surface area contributed by atoms with Crippen LogP contribution in [0.1, 0.15) is 12.0 Å². The zero-order chi connectivity index (χ0) is 18.5. The molecule has 5 heteroatoms. The second kappa shape index (κ2) is 8.37. The SMILES string of the molecule is O=C(Nc1ccccc1)NC1CCN(Cc2ccc(-c3ccsc3)cc2)C1. The van der Waals surface area contributed by atoms with E-state index in [4.69, 9.17) is 0 Å². The standard InChI is InChI=1S/C22H23N3OS/c26-22(23-20-4-2-1-3-5-20)24-21-10-12-25(15-21)14-17-6-8-18(9-7-17)19-11-13-27-16-19/h1-9,11,13,16,21H,10,12,14-15H2,(H2,23,24,26). The van der Waals surface area contributed by atoms with Gasteiger partial charge < -0.3 is 10.6 Å². The van der Waals surface area contributed by atoms with Crippen LogP contribution in [-0.4, -0.2) is 30.1 Å². The molecule has 1 unspecified atom stereocenters. The molecule has 2 heterocycles. The average molecular weight is 378 g/mol. The van der Waals surface area contributed by atoms with E-state index in [9.17, 15) is 4.79 Å². The number of carbonyl (C=O) groups is 1. The molecule has 1 aromatic heterocycles. The van der Waals surface area contributed by atoms with Crippen molar-refractivity contribution in [2.45, 2.75) is 19.0 Å². The van der Waals surface area contributed by atoms with E-state index in [0.29, 0.717) is 0 Å². The Morgan fingerprint density at radius 2 is 1.85 bits per heavy atom. The van der Waals surface area contributed by atoms with Gasteiger partial charge in [0.05, 0.1) is 0 Å². The predicted molar refractivity (Wildman–Crippen MR) is 112 cm³/mol. The summed E-state index contributed by atoms with van der Waals surface area (Å²) in [4.78, 5) is 14.5. The fourth-order valence-electron chi connectivity index (χ4n) is 3.46. The minimum atomic E-state index is -0.131. The van der Waals surface area contributed by atoms with Crippen LogP contribution < -0.4 is 10.6 Å². The largest absolute Gasteiger partial charge is 0.334 e. The molecule has 4 rings (SSSR count). The van der Waals surface area contributed by atoms with Gasteiger partial charge in [0.2, 0.25) is 0 Å². The molecule has 2 amide bonds. The molecule has 27 heavy (non-hydrogen) atoms. The van der Waals surface area contributed by atoms with Crippen molar-refractivity contribution in [3.05, 3.63) is 77.0 Å². The number of likely N-dealkylation sites (tertiary alicyclic amines) is 1. The Morgan fingerprint density at radius 3 is 2.59 bits per heavy atom. The number of nitrogens with one attached hydrogen (secondary N) is 2. The van der Waals surface area contributed by atoms with Crippen molar-refractivity contribution in [2.24, 2.45) is 0 Å². The van der Waals surface area contributed by atoms with Crippen LogP contribution in [0.4, 0.5) is 10.5 Å². The summed E-state index contributed by atoms with van der Waals surface area (Å²) >= 11 is 1.72. The number of carbonyl (C=O) groups excluding carboxylic acids is 1. The van der Waals surface area contributed by atoms with Gasteiger partial charge in [0, 0.05) is 31.4 Å². The summed E-state index contributed by atoms with van der Waals surface area (Å²) in [7, 11) is 0. The van der Waals surface area contributed by atoms with Gasteiger partial charge in [-0.05, 0) is 52.1 Å². The monoisotopic (exact) mass is 377 g/mol. The maximum atomic E-state index is 12.1. The number of urea groups is 1. The highest BCUT2D eigenvalue weighted by atomic mass is 32.1. The molecule has 1 saturated heterocycles. The van der Waals surface area contributed by atoms with Gasteiger partial charge in [-0.15, -0.1) is 0 Å². The lowest BCUT2D eigenvalue weighted by atomic mass is 10.1. The second-order valence-corrected chi connectivity index (χ2v) is 7.67. The third-order valence-electron chi connectivity index (χ3n) is 4.85. The topological polar surface area (TPSA) is 44.4 Å². The molecule has 0 spiro atoms. The summed E-state index contributed by atoms with van der Waals surface area (Å²) < 4.78 is 0. The molecule has 0 aliphatic carbocycles. The average Bonchev–Trinajstić information content (AvgIpc) is 3.36. The summed E-state index contributed by atoms with van der Waals surface area (Å²) in [6.45, 7) is 2.81. The first kappa shape index (κ1) is 17.8. The van der Waals surface area contributed by atoms with E-state index in [1.807, 2.05) is 30.3 Å². The predicted octanol–water partition coefficient (Wildman–Crippen LogP) is 4.81. The van der Waals surface area contributed by atoms with Gasteiger partial charge in [0.25, 0.3) is 0 Å². The Kier molecular flexibility index (Phi) is 5.51. The van der Waals surface area contributed by atoms with Crippen molar-refractivity contribution >= 4 is 23.1 Å². The molecule has 0 radical (unpaired) electrons. The molecule has 1 atom stereocenters. The molecule has 4 nitrogen and oxygen atoms in total. The maximum Gasteiger partial charge on any atom is 0.319 e. The second-order valence-electron chi connectivity index (χ2n) is 6.89. The zero-order valence-corrected chi connectivity index (χ0v) is 15.9. The molecule has 138 valence electrons. The Morgan fingerprint density at radius 1 is 1.04 bits per heavy atom. The summed E-state index contributed by atoms with van der Waals surface area (Å²) in [5.74, 6) is 0. The number of rotatable bonds is 5. The van der Waals surface area contributed by atoms with E-state index >= 15 is 0 Å². The van der Waals surface area contributed by atoms with Crippen molar-refractivity contribution in [1.82, 2.24) is 10.2 Å². The molecule has 1 aliphatic rings. The highest BCUT2D eigenvalue weighted by Crippen LogP contribution is 2.23. The van der Waals surface area contributed by atoms with E-state index < -0.39 is 0 Å². The van der Waals surface area contributed by atoms with Gasteiger partial charge in [0.15, 0.2) is 0 Å². The summed E-state index contributed by atoms with van der Waals surface area (Å²) in [5.41, 5.74) is 4.67. The lowest BCUT2D eigenvalue weighted by molar-refractivity contribution is 0.247. The summed E-state index contributed by atoms with van der Waals surface area (Å²) in [5, 5.41) is 10.2. The van der Waals surface area contributed by atoms with Crippen LogP contribution in [0.5, 0.6) is 0 Å². The Bertz CT molecular complexity index is 862. The molecule has 2 N–H and O–H groups in total. The molecular weight excluding hydrogens is 354 g/mol. The highest BCUT2D eigenvalue weighted by Gasteiger charge is 2.23. The van der Waals surface area contributed by atoms with Crippen molar-refractivity contribution < 1.29 is 4.79 Å². The smallest absolute Gasteiger partial charge is 0.319 e. The molecule has 0 bridgehead atoms. The minimum absolute atomic E-state index is 0.131.